The predicted molar refractivity (Wildman–Crippen MR) is 176 cm³/mol. The van der Waals surface area contributed by atoms with Gasteiger partial charge in [0, 0.05) is 24.5 Å². The average Bonchev–Trinajstić information content (AvgIpc) is 3.03. The molecule has 0 aromatic heterocycles. The van der Waals surface area contributed by atoms with E-state index < -0.39 is 28.5 Å². The maximum atomic E-state index is 14.5. The van der Waals surface area contributed by atoms with E-state index in [1.807, 2.05) is 74.5 Å². The van der Waals surface area contributed by atoms with Crippen LogP contribution >= 0.6 is 11.6 Å². The number of carbonyl (C=O) groups is 2. The highest BCUT2D eigenvalue weighted by Gasteiger charge is 2.35. The third kappa shape index (κ3) is 8.49. The largest absolute Gasteiger partial charge is 0.354 e. The van der Waals surface area contributed by atoms with Gasteiger partial charge >= 0.3 is 0 Å². The summed E-state index contributed by atoms with van der Waals surface area (Å²) in [6, 6.07) is 30.9. The van der Waals surface area contributed by atoms with Gasteiger partial charge in [0.1, 0.15) is 12.6 Å². The number of amides is 2. The zero-order valence-electron chi connectivity index (χ0n) is 25.2. The van der Waals surface area contributed by atoms with E-state index in [2.05, 4.69) is 5.32 Å². The summed E-state index contributed by atoms with van der Waals surface area (Å²) in [7, 11) is -4.19. The van der Waals surface area contributed by atoms with Crippen molar-refractivity contribution >= 4 is 39.1 Å². The van der Waals surface area contributed by atoms with Gasteiger partial charge in [0.2, 0.25) is 11.8 Å². The first-order chi connectivity index (χ1) is 21.1. The maximum absolute atomic E-state index is 14.5. The minimum absolute atomic E-state index is 0.0392. The highest BCUT2D eigenvalue weighted by atomic mass is 35.5. The molecule has 0 fully saturated rings. The summed E-state index contributed by atoms with van der Waals surface area (Å²) in [5, 5.41) is 3.33. The van der Waals surface area contributed by atoms with Gasteiger partial charge in [-0.05, 0) is 53.8 Å². The summed E-state index contributed by atoms with van der Waals surface area (Å²) in [6.07, 6.45) is 0.255. The van der Waals surface area contributed by atoms with Crippen molar-refractivity contribution in [2.75, 3.05) is 17.4 Å². The molecule has 0 spiro atoms. The fourth-order valence-corrected chi connectivity index (χ4v) is 6.50. The Bertz CT molecular complexity index is 1650. The molecule has 0 saturated heterocycles. The van der Waals surface area contributed by atoms with E-state index in [1.54, 1.807) is 43.3 Å². The number of nitrogens with zero attached hydrogens (tertiary/aromatic N) is 2. The van der Waals surface area contributed by atoms with Crippen LogP contribution < -0.4 is 9.62 Å². The first kappa shape index (κ1) is 32.8. The minimum Gasteiger partial charge on any atom is -0.354 e. The number of sulfonamides is 1. The Hall–Kier alpha value is -4.14. The van der Waals surface area contributed by atoms with Gasteiger partial charge in [-0.3, -0.25) is 13.9 Å². The number of anilines is 1. The molecule has 0 heterocycles. The first-order valence-electron chi connectivity index (χ1n) is 14.5. The second-order valence-corrected chi connectivity index (χ2v) is 13.4. The SMILES string of the molecule is Cc1ccc(Cl)cc1N(CC(=O)N(Cc1ccccc1)[C@@H](Cc1ccccc1)C(=O)NCC(C)C)S(=O)(=O)c1ccccc1. The Balaban J connectivity index is 1.81. The highest BCUT2D eigenvalue weighted by Crippen LogP contribution is 2.30. The molecule has 0 unspecified atom stereocenters. The van der Waals surface area contributed by atoms with Crippen LogP contribution in [0.2, 0.25) is 5.02 Å². The van der Waals surface area contributed by atoms with E-state index in [-0.39, 0.29) is 29.7 Å². The van der Waals surface area contributed by atoms with Crippen LogP contribution in [0.4, 0.5) is 5.69 Å². The number of nitrogens with one attached hydrogen (secondary N) is 1. The Morgan fingerprint density at radius 3 is 1.98 bits per heavy atom. The summed E-state index contributed by atoms with van der Waals surface area (Å²) in [5.41, 5.74) is 2.61. The standard InChI is InChI=1S/C35H38ClN3O4S/c1-26(2)23-37-35(41)33(21-28-13-7-4-8-14-28)38(24-29-15-9-5-10-16-29)34(40)25-39(32-22-30(36)20-19-27(32)3)44(42,43)31-17-11-6-12-18-31/h4-20,22,26,33H,21,23-25H2,1-3H3,(H,37,41)/t33-/m0/s1. The lowest BCUT2D eigenvalue weighted by atomic mass is 10.0. The Labute approximate surface area is 265 Å². The lowest BCUT2D eigenvalue weighted by Gasteiger charge is -2.34. The number of aryl methyl sites for hydroxylation is 1. The van der Waals surface area contributed by atoms with E-state index in [1.165, 1.54) is 17.0 Å². The van der Waals surface area contributed by atoms with Gasteiger partial charge in [-0.2, -0.15) is 0 Å². The van der Waals surface area contributed by atoms with Crippen LogP contribution in [0.25, 0.3) is 0 Å². The Morgan fingerprint density at radius 1 is 0.818 bits per heavy atom. The fourth-order valence-electron chi connectivity index (χ4n) is 4.84. The number of hydrogen-bond donors (Lipinski definition) is 1. The molecule has 4 aromatic carbocycles. The van der Waals surface area contributed by atoms with Gasteiger partial charge in [0.25, 0.3) is 10.0 Å². The smallest absolute Gasteiger partial charge is 0.264 e. The van der Waals surface area contributed by atoms with Crippen LogP contribution in [-0.2, 0) is 32.6 Å². The summed E-state index contributed by atoms with van der Waals surface area (Å²) >= 11 is 6.34. The van der Waals surface area contributed by atoms with E-state index >= 15 is 0 Å². The van der Waals surface area contributed by atoms with Crippen molar-refractivity contribution in [3.63, 3.8) is 0 Å². The molecule has 0 aliphatic carbocycles. The van der Waals surface area contributed by atoms with Gasteiger partial charge in [-0.25, -0.2) is 8.42 Å². The van der Waals surface area contributed by atoms with Crippen molar-refractivity contribution in [3.05, 3.63) is 131 Å². The van der Waals surface area contributed by atoms with Crippen LogP contribution in [0.5, 0.6) is 0 Å². The molecular weight excluding hydrogens is 594 g/mol. The molecule has 2 amide bonds. The van der Waals surface area contributed by atoms with Crippen molar-refractivity contribution in [2.24, 2.45) is 5.92 Å². The molecule has 0 aliphatic rings. The quantitative estimate of drug-likeness (QED) is 0.189. The summed E-state index contributed by atoms with van der Waals surface area (Å²) in [4.78, 5) is 29.8. The summed E-state index contributed by atoms with van der Waals surface area (Å²) in [5.74, 6) is -0.622. The van der Waals surface area contributed by atoms with Crippen molar-refractivity contribution in [1.29, 1.82) is 0 Å². The minimum atomic E-state index is -4.19. The monoisotopic (exact) mass is 631 g/mol. The number of halogens is 1. The van der Waals surface area contributed by atoms with Crippen molar-refractivity contribution in [1.82, 2.24) is 10.2 Å². The van der Waals surface area contributed by atoms with E-state index in [4.69, 9.17) is 11.6 Å². The molecule has 7 nitrogen and oxygen atoms in total. The second kappa shape index (κ2) is 15.0. The predicted octanol–water partition coefficient (Wildman–Crippen LogP) is 6.26. The number of benzene rings is 4. The summed E-state index contributed by atoms with van der Waals surface area (Å²) < 4.78 is 29.3. The van der Waals surface area contributed by atoms with Gasteiger partial charge in [0.15, 0.2) is 0 Å². The molecule has 44 heavy (non-hydrogen) atoms. The molecule has 0 aliphatic heterocycles. The molecule has 4 rings (SSSR count). The van der Waals surface area contributed by atoms with Gasteiger partial charge in [-0.15, -0.1) is 0 Å². The Kier molecular flexibility index (Phi) is 11.2. The highest BCUT2D eigenvalue weighted by molar-refractivity contribution is 7.92. The number of rotatable bonds is 13. The Morgan fingerprint density at radius 2 is 1.39 bits per heavy atom. The zero-order valence-corrected chi connectivity index (χ0v) is 26.8. The normalized spacial score (nSPS) is 12.0. The number of carbonyl (C=O) groups excluding carboxylic acids is 2. The third-order valence-electron chi connectivity index (χ3n) is 7.20. The van der Waals surface area contributed by atoms with Crippen molar-refractivity contribution in [2.45, 2.75) is 44.7 Å². The first-order valence-corrected chi connectivity index (χ1v) is 16.4. The molecule has 0 radical (unpaired) electrons. The second-order valence-electron chi connectivity index (χ2n) is 11.1. The lowest BCUT2D eigenvalue weighted by molar-refractivity contribution is -0.140. The van der Waals surface area contributed by atoms with Crippen molar-refractivity contribution in [3.8, 4) is 0 Å². The summed E-state index contributed by atoms with van der Waals surface area (Å²) in [6.45, 7) is 5.78. The van der Waals surface area contributed by atoms with E-state index in [0.29, 0.717) is 22.8 Å². The molecule has 0 saturated carbocycles. The molecule has 1 N–H and O–H groups in total. The van der Waals surface area contributed by atoms with Crippen LogP contribution in [0.3, 0.4) is 0 Å². The topological polar surface area (TPSA) is 86.8 Å². The molecule has 4 aromatic rings. The van der Waals surface area contributed by atoms with Gasteiger partial charge in [-0.1, -0.05) is 110 Å². The van der Waals surface area contributed by atoms with Crippen LogP contribution in [0, 0.1) is 12.8 Å². The van der Waals surface area contributed by atoms with Gasteiger partial charge in [0.05, 0.1) is 10.6 Å². The number of hydrogen-bond acceptors (Lipinski definition) is 4. The van der Waals surface area contributed by atoms with Crippen molar-refractivity contribution < 1.29 is 18.0 Å². The van der Waals surface area contributed by atoms with E-state index in [0.717, 1.165) is 15.4 Å². The van der Waals surface area contributed by atoms with Crippen LogP contribution in [0.15, 0.2) is 114 Å². The third-order valence-corrected chi connectivity index (χ3v) is 9.21. The molecular formula is C35H38ClN3O4S. The van der Waals surface area contributed by atoms with Gasteiger partial charge < -0.3 is 10.2 Å². The molecule has 230 valence electrons. The lowest BCUT2D eigenvalue weighted by Crippen LogP contribution is -2.53. The molecule has 1 atom stereocenters. The average molecular weight is 632 g/mol. The fraction of sp³-hybridized carbons (Fsp3) is 0.257. The van der Waals surface area contributed by atoms with Crippen LogP contribution in [0.1, 0.15) is 30.5 Å². The molecule has 0 bridgehead atoms. The molecule has 9 heteroatoms. The zero-order chi connectivity index (χ0) is 31.7. The van der Waals surface area contributed by atoms with E-state index in [9.17, 15) is 18.0 Å². The maximum Gasteiger partial charge on any atom is 0.264 e. The van der Waals surface area contributed by atoms with Crippen LogP contribution in [-0.4, -0.2) is 44.3 Å².